The summed E-state index contributed by atoms with van der Waals surface area (Å²) in [5, 5.41) is 8.70. The second-order valence-corrected chi connectivity index (χ2v) is 4.35. The molecule has 0 aliphatic heterocycles. The summed E-state index contributed by atoms with van der Waals surface area (Å²) in [6, 6.07) is 2.06. The molecule has 0 aliphatic carbocycles. The Hall–Kier alpha value is -2.50. The normalized spacial score (nSPS) is 10.8. The molecule has 6 heteroatoms. The van der Waals surface area contributed by atoms with Crippen molar-refractivity contribution in [3.8, 4) is 0 Å². The van der Waals surface area contributed by atoms with Gasteiger partial charge in [0, 0.05) is 24.8 Å². The molecule has 3 heterocycles. The molecule has 3 rings (SSSR count). The van der Waals surface area contributed by atoms with Gasteiger partial charge in [-0.05, 0) is 13.0 Å². The van der Waals surface area contributed by atoms with Gasteiger partial charge in [0.05, 0.1) is 36.0 Å². The lowest BCUT2D eigenvalue weighted by atomic mass is 10.2. The van der Waals surface area contributed by atoms with Crippen molar-refractivity contribution in [3.63, 3.8) is 0 Å². The van der Waals surface area contributed by atoms with Crippen LogP contribution in [-0.4, -0.2) is 24.7 Å². The summed E-state index contributed by atoms with van der Waals surface area (Å²) in [5.41, 5.74) is 3.72. The first-order valence-corrected chi connectivity index (χ1v) is 6.02. The van der Waals surface area contributed by atoms with Crippen LogP contribution in [0.2, 0.25) is 0 Å². The van der Waals surface area contributed by atoms with Gasteiger partial charge in [0.15, 0.2) is 5.65 Å². The van der Waals surface area contributed by atoms with Crippen molar-refractivity contribution >= 4 is 16.7 Å². The number of pyridine rings is 1. The zero-order valence-corrected chi connectivity index (χ0v) is 10.8. The van der Waals surface area contributed by atoms with Crippen LogP contribution in [-0.2, 0) is 13.6 Å². The van der Waals surface area contributed by atoms with Crippen LogP contribution in [0.5, 0.6) is 0 Å². The van der Waals surface area contributed by atoms with Gasteiger partial charge in [-0.2, -0.15) is 5.10 Å². The molecule has 0 aromatic carbocycles. The zero-order valence-electron chi connectivity index (χ0n) is 10.8. The minimum Gasteiger partial charge on any atom is -0.378 e. The van der Waals surface area contributed by atoms with Crippen LogP contribution in [0.25, 0.3) is 11.0 Å². The average Bonchev–Trinajstić information content (AvgIpc) is 2.73. The van der Waals surface area contributed by atoms with Crippen molar-refractivity contribution < 1.29 is 0 Å². The molecule has 96 valence electrons. The van der Waals surface area contributed by atoms with E-state index in [2.05, 4.69) is 31.4 Å². The molecule has 0 saturated heterocycles. The summed E-state index contributed by atoms with van der Waals surface area (Å²) >= 11 is 0. The Labute approximate surface area is 110 Å². The number of hydrogen-bond donors (Lipinski definition) is 1. The fourth-order valence-electron chi connectivity index (χ4n) is 2.02. The first-order valence-electron chi connectivity index (χ1n) is 6.02. The van der Waals surface area contributed by atoms with E-state index in [4.69, 9.17) is 0 Å². The second kappa shape index (κ2) is 4.64. The molecular weight excluding hydrogens is 240 g/mol. The predicted octanol–water partition coefficient (Wildman–Crippen LogP) is 1.68. The fraction of sp³-hybridized carbons (Fsp3) is 0.231. The number of hydrogen-bond acceptors (Lipinski definition) is 5. The molecule has 3 aromatic rings. The number of aryl methyl sites for hydroxylation is 2. The van der Waals surface area contributed by atoms with E-state index in [1.54, 1.807) is 29.5 Å². The average molecular weight is 254 g/mol. The van der Waals surface area contributed by atoms with Gasteiger partial charge in [-0.25, -0.2) is 4.98 Å². The maximum absolute atomic E-state index is 4.42. The summed E-state index contributed by atoms with van der Waals surface area (Å²) < 4.78 is 1.79. The Kier molecular flexibility index (Phi) is 2.83. The van der Waals surface area contributed by atoms with Crippen LogP contribution in [0.3, 0.4) is 0 Å². The van der Waals surface area contributed by atoms with Crippen LogP contribution in [0, 0.1) is 6.92 Å². The number of anilines is 1. The standard InChI is InChI=1S/C13H14N6/c1-9-12-5-10(7-17-13(12)19(2)18-9)16-8-11-6-14-3-4-15-11/h3-7,16H,8H2,1-2H3. The monoisotopic (exact) mass is 254 g/mol. The van der Waals surface area contributed by atoms with Gasteiger partial charge in [0.2, 0.25) is 0 Å². The number of nitrogens with zero attached hydrogens (tertiary/aromatic N) is 5. The number of aromatic nitrogens is 5. The maximum Gasteiger partial charge on any atom is 0.157 e. The third kappa shape index (κ3) is 2.24. The largest absolute Gasteiger partial charge is 0.378 e. The molecular formula is C13H14N6. The lowest BCUT2D eigenvalue weighted by Gasteiger charge is -2.05. The van der Waals surface area contributed by atoms with Crippen molar-refractivity contribution in [1.29, 1.82) is 0 Å². The molecule has 19 heavy (non-hydrogen) atoms. The van der Waals surface area contributed by atoms with Gasteiger partial charge >= 0.3 is 0 Å². The SMILES string of the molecule is Cc1nn(C)c2ncc(NCc3cnccn3)cc12. The Bertz CT molecular complexity index is 704. The molecule has 0 saturated carbocycles. The highest BCUT2D eigenvalue weighted by Gasteiger charge is 2.06. The van der Waals surface area contributed by atoms with Crippen molar-refractivity contribution in [1.82, 2.24) is 24.7 Å². The Balaban J connectivity index is 1.84. The van der Waals surface area contributed by atoms with Gasteiger partial charge in [0.1, 0.15) is 0 Å². The van der Waals surface area contributed by atoms with Gasteiger partial charge in [-0.1, -0.05) is 0 Å². The fourth-order valence-corrected chi connectivity index (χ4v) is 2.02. The van der Waals surface area contributed by atoms with Gasteiger partial charge in [-0.3, -0.25) is 14.6 Å². The van der Waals surface area contributed by atoms with Crippen LogP contribution in [0.4, 0.5) is 5.69 Å². The third-order valence-electron chi connectivity index (χ3n) is 2.95. The van der Waals surface area contributed by atoms with Crippen molar-refractivity contribution in [2.75, 3.05) is 5.32 Å². The Morgan fingerprint density at radius 3 is 2.89 bits per heavy atom. The molecule has 0 radical (unpaired) electrons. The summed E-state index contributed by atoms with van der Waals surface area (Å²) in [5.74, 6) is 0. The molecule has 1 N–H and O–H groups in total. The van der Waals surface area contributed by atoms with Crippen molar-refractivity contribution in [2.45, 2.75) is 13.5 Å². The van der Waals surface area contributed by atoms with Crippen molar-refractivity contribution in [2.24, 2.45) is 7.05 Å². The zero-order chi connectivity index (χ0) is 13.2. The van der Waals surface area contributed by atoms with E-state index in [0.29, 0.717) is 6.54 Å². The topological polar surface area (TPSA) is 68.5 Å². The van der Waals surface area contributed by atoms with Crippen LogP contribution in [0.1, 0.15) is 11.4 Å². The van der Waals surface area contributed by atoms with E-state index in [1.807, 2.05) is 14.0 Å². The van der Waals surface area contributed by atoms with E-state index < -0.39 is 0 Å². The van der Waals surface area contributed by atoms with Gasteiger partial charge < -0.3 is 5.32 Å². The number of nitrogens with one attached hydrogen (secondary N) is 1. The number of fused-ring (bicyclic) bond motifs is 1. The van der Waals surface area contributed by atoms with Crippen LogP contribution < -0.4 is 5.32 Å². The smallest absolute Gasteiger partial charge is 0.157 e. The Morgan fingerprint density at radius 1 is 1.21 bits per heavy atom. The summed E-state index contributed by atoms with van der Waals surface area (Å²) in [6.45, 7) is 2.61. The molecule has 0 aliphatic rings. The van der Waals surface area contributed by atoms with Crippen LogP contribution in [0.15, 0.2) is 30.9 Å². The minimum atomic E-state index is 0.625. The molecule has 0 spiro atoms. The first kappa shape index (κ1) is 11.6. The summed E-state index contributed by atoms with van der Waals surface area (Å²) in [4.78, 5) is 12.7. The van der Waals surface area contributed by atoms with E-state index in [1.165, 1.54) is 0 Å². The molecule has 0 amide bonds. The maximum atomic E-state index is 4.42. The van der Waals surface area contributed by atoms with E-state index in [-0.39, 0.29) is 0 Å². The van der Waals surface area contributed by atoms with E-state index in [0.717, 1.165) is 28.1 Å². The molecule has 3 aromatic heterocycles. The summed E-state index contributed by atoms with van der Waals surface area (Å²) in [7, 11) is 1.90. The predicted molar refractivity (Wildman–Crippen MR) is 72.6 cm³/mol. The molecule has 0 fully saturated rings. The lowest BCUT2D eigenvalue weighted by molar-refractivity contribution is 0.774. The Morgan fingerprint density at radius 2 is 2.11 bits per heavy atom. The van der Waals surface area contributed by atoms with Crippen LogP contribution >= 0.6 is 0 Å². The van der Waals surface area contributed by atoms with Crippen molar-refractivity contribution in [3.05, 3.63) is 42.2 Å². The van der Waals surface area contributed by atoms with Gasteiger partial charge in [0.25, 0.3) is 0 Å². The number of rotatable bonds is 3. The quantitative estimate of drug-likeness (QED) is 0.770. The highest BCUT2D eigenvalue weighted by atomic mass is 15.3. The third-order valence-corrected chi connectivity index (χ3v) is 2.95. The van der Waals surface area contributed by atoms with E-state index in [9.17, 15) is 0 Å². The minimum absolute atomic E-state index is 0.625. The van der Waals surface area contributed by atoms with Gasteiger partial charge in [-0.15, -0.1) is 0 Å². The molecule has 0 bridgehead atoms. The molecule has 0 atom stereocenters. The molecule has 6 nitrogen and oxygen atoms in total. The summed E-state index contributed by atoms with van der Waals surface area (Å²) in [6.07, 6.45) is 6.90. The van der Waals surface area contributed by atoms with E-state index >= 15 is 0 Å². The highest BCUT2D eigenvalue weighted by molar-refractivity contribution is 5.81. The second-order valence-electron chi connectivity index (χ2n) is 4.35. The highest BCUT2D eigenvalue weighted by Crippen LogP contribution is 2.19. The lowest BCUT2D eigenvalue weighted by Crippen LogP contribution is -2.02. The molecule has 0 unspecified atom stereocenters. The first-order chi connectivity index (χ1) is 9.24.